The Morgan fingerprint density at radius 3 is 2.84 bits per heavy atom. The van der Waals surface area contributed by atoms with Gasteiger partial charge in [-0.05, 0) is 30.3 Å². The molecule has 4 aromatic rings. The summed E-state index contributed by atoms with van der Waals surface area (Å²) in [6, 6.07) is 13.8. The van der Waals surface area contributed by atoms with E-state index in [1.165, 1.54) is 11.3 Å². The minimum absolute atomic E-state index is 0.229. The minimum Gasteiger partial charge on any atom is -0.356 e. The summed E-state index contributed by atoms with van der Waals surface area (Å²) in [4.78, 5) is 44.3. The van der Waals surface area contributed by atoms with Crippen LogP contribution in [0.1, 0.15) is 31.3 Å². The number of urea groups is 1. The van der Waals surface area contributed by atoms with Gasteiger partial charge in [0.2, 0.25) is 0 Å². The number of fused-ring (bicyclic) bond motifs is 3. The number of nitrogens with one attached hydrogen (secondary N) is 5. The molecule has 0 radical (unpaired) electrons. The van der Waals surface area contributed by atoms with Crippen LogP contribution in [-0.4, -0.2) is 58.8 Å². The van der Waals surface area contributed by atoms with Crippen LogP contribution in [-0.2, 0) is 11.3 Å². The molecule has 1 atom stereocenters. The lowest BCUT2D eigenvalue weighted by Gasteiger charge is -2.24. The van der Waals surface area contributed by atoms with Crippen molar-refractivity contribution in [1.82, 2.24) is 31.1 Å². The number of nitrogens with zero attached hydrogens (tertiary/aromatic N) is 2. The zero-order chi connectivity index (χ0) is 26.1. The van der Waals surface area contributed by atoms with Crippen LogP contribution in [0.2, 0.25) is 0 Å². The maximum Gasteiger partial charge on any atom is 0.321 e. The number of ketones is 1. The lowest BCUT2D eigenvalue weighted by Crippen LogP contribution is -2.50. The normalized spacial score (nSPS) is 16.0. The number of anilines is 1. The summed E-state index contributed by atoms with van der Waals surface area (Å²) in [6.07, 6.45) is 1.22. The number of aromatic amines is 1. The van der Waals surface area contributed by atoms with Crippen molar-refractivity contribution in [3.63, 3.8) is 0 Å². The van der Waals surface area contributed by atoms with Gasteiger partial charge in [-0.1, -0.05) is 18.2 Å². The van der Waals surface area contributed by atoms with Gasteiger partial charge in [-0.15, -0.1) is 11.3 Å². The molecule has 1 unspecified atom stereocenters. The molecule has 12 heteroatoms. The maximum absolute atomic E-state index is 13.6. The standard InChI is InChI=1S/C26H23N7O4S/c34-24-20-15(5-3-6-16(20)30-26(36)31-19-13-27-10-11-37-19)22-21(24)23(33-32-22)17-7-8-18(38-17)25(35)29-12-14-4-1-2-9-28-14/h1-9,19,27H,10-13H2,(H,29,35)(H,32,33)(H2,30,31,36). The van der Waals surface area contributed by atoms with Gasteiger partial charge in [-0.3, -0.25) is 19.7 Å². The summed E-state index contributed by atoms with van der Waals surface area (Å²) in [5, 5.41) is 18.9. The number of H-pyrrole nitrogens is 1. The van der Waals surface area contributed by atoms with E-state index >= 15 is 0 Å². The molecule has 1 saturated heterocycles. The number of pyridine rings is 1. The number of thiophene rings is 1. The second-order valence-electron chi connectivity index (χ2n) is 8.71. The number of aromatic nitrogens is 3. The average Bonchev–Trinajstić information content (AvgIpc) is 3.66. The highest BCUT2D eigenvalue weighted by molar-refractivity contribution is 7.17. The van der Waals surface area contributed by atoms with E-state index in [4.69, 9.17) is 4.74 Å². The van der Waals surface area contributed by atoms with E-state index in [1.807, 2.05) is 18.2 Å². The molecule has 1 aromatic carbocycles. The number of carbonyl (C=O) groups is 3. The Kier molecular flexibility index (Phi) is 6.42. The van der Waals surface area contributed by atoms with E-state index in [1.54, 1.807) is 36.5 Å². The lowest BCUT2D eigenvalue weighted by atomic mass is 10.1. The lowest BCUT2D eigenvalue weighted by molar-refractivity contribution is 0.0156. The molecule has 0 bridgehead atoms. The minimum atomic E-state index is -0.467. The number of carbonyl (C=O) groups excluding carboxylic acids is 3. The third-order valence-corrected chi connectivity index (χ3v) is 7.34. The Morgan fingerprint density at radius 2 is 2.03 bits per heavy atom. The van der Waals surface area contributed by atoms with Crippen molar-refractivity contribution in [2.24, 2.45) is 0 Å². The molecule has 3 aromatic heterocycles. The summed E-state index contributed by atoms with van der Waals surface area (Å²) in [5.41, 5.74) is 3.61. The van der Waals surface area contributed by atoms with Gasteiger partial charge < -0.3 is 26.0 Å². The Balaban J connectivity index is 1.20. The van der Waals surface area contributed by atoms with Gasteiger partial charge in [0.05, 0.1) is 51.1 Å². The first-order valence-corrected chi connectivity index (χ1v) is 12.8. The van der Waals surface area contributed by atoms with E-state index in [9.17, 15) is 14.4 Å². The predicted molar refractivity (Wildman–Crippen MR) is 141 cm³/mol. The molecule has 0 saturated carbocycles. The third kappa shape index (κ3) is 4.56. The first-order valence-electron chi connectivity index (χ1n) is 12.0. The van der Waals surface area contributed by atoms with Gasteiger partial charge in [0.15, 0.2) is 5.78 Å². The van der Waals surface area contributed by atoms with E-state index in [-0.39, 0.29) is 11.7 Å². The highest BCUT2D eigenvalue weighted by atomic mass is 32.1. The zero-order valence-corrected chi connectivity index (χ0v) is 20.9. The number of morpholine rings is 1. The smallest absolute Gasteiger partial charge is 0.321 e. The van der Waals surface area contributed by atoms with Crippen molar-refractivity contribution in [2.75, 3.05) is 25.0 Å². The largest absolute Gasteiger partial charge is 0.356 e. The second-order valence-corrected chi connectivity index (χ2v) is 9.79. The predicted octanol–water partition coefficient (Wildman–Crippen LogP) is 2.74. The van der Waals surface area contributed by atoms with Gasteiger partial charge in [0, 0.05) is 24.8 Å². The van der Waals surface area contributed by atoms with Crippen LogP contribution in [0.15, 0.2) is 54.7 Å². The summed E-state index contributed by atoms with van der Waals surface area (Å²) < 4.78 is 5.51. The summed E-state index contributed by atoms with van der Waals surface area (Å²) in [5.74, 6) is -0.480. The summed E-state index contributed by atoms with van der Waals surface area (Å²) in [6.45, 7) is 2.05. The SMILES string of the molecule is O=C(Nc1cccc2c1C(=O)c1c-2n[nH]c1-c1ccc(C(=O)NCc2ccccn2)s1)NC1CNCCO1. The number of hydrogen-bond donors (Lipinski definition) is 5. The molecule has 11 nitrogen and oxygen atoms in total. The van der Waals surface area contributed by atoms with Crippen molar-refractivity contribution in [3.05, 3.63) is 76.4 Å². The molecular weight excluding hydrogens is 506 g/mol. The Labute approximate surface area is 221 Å². The van der Waals surface area contributed by atoms with Crippen LogP contribution in [0.5, 0.6) is 0 Å². The van der Waals surface area contributed by atoms with Gasteiger partial charge in [-0.25, -0.2) is 4.79 Å². The van der Waals surface area contributed by atoms with Crippen LogP contribution in [0.4, 0.5) is 10.5 Å². The molecule has 0 spiro atoms. The van der Waals surface area contributed by atoms with Crippen LogP contribution in [0.25, 0.3) is 21.8 Å². The summed E-state index contributed by atoms with van der Waals surface area (Å²) in [7, 11) is 0. The first kappa shape index (κ1) is 24.0. The van der Waals surface area contributed by atoms with Gasteiger partial charge in [-0.2, -0.15) is 5.10 Å². The molecule has 2 aliphatic rings. The van der Waals surface area contributed by atoms with Crippen molar-refractivity contribution < 1.29 is 19.1 Å². The quantitative estimate of drug-likeness (QED) is 0.227. The number of ether oxygens (including phenoxy) is 1. The Bertz CT molecular complexity index is 1530. The van der Waals surface area contributed by atoms with Gasteiger partial charge in [0.1, 0.15) is 11.9 Å². The van der Waals surface area contributed by atoms with E-state index in [2.05, 4.69) is 36.4 Å². The first-order chi connectivity index (χ1) is 18.6. The Hall–Kier alpha value is -4.39. The van der Waals surface area contributed by atoms with Crippen molar-refractivity contribution in [3.8, 4) is 21.8 Å². The van der Waals surface area contributed by atoms with Crippen molar-refractivity contribution >= 4 is 34.7 Å². The fourth-order valence-electron chi connectivity index (χ4n) is 4.48. The molecule has 6 rings (SSSR count). The average molecular weight is 530 g/mol. The van der Waals surface area contributed by atoms with Gasteiger partial charge in [0.25, 0.3) is 5.91 Å². The fraction of sp³-hybridized carbons (Fsp3) is 0.192. The van der Waals surface area contributed by atoms with E-state index in [0.29, 0.717) is 63.2 Å². The van der Waals surface area contributed by atoms with Crippen LogP contribution < -0.4 is 21.3 Å². The highest BCUT2D eigenvalue weighted by Gasteiger charge is 2.35. The van der Waals surface area contributed by atoms with Crippen LogP contribution in [0.3, 0.4) is 0 Å². The maximum atomic E-state index is 13.6. The molecule has 1 aliphatic heterocycles. The van der Waals surface area contributed by atoms with Crippen molar-refractivity contribution in [1.29, 1.82) is 0 Å². The molecule has 4 heterocycles. The second kappa shape index (κ2) is 10.2. The zero-order valence-electron chi connectivity index (χ0n) is 20.0. The van der Waals surface area contributed by atoms with Crippen molar-refractivity contribution in [2.45, 2.75) is 12.8 Å². The number of rotatable bonds is 6. The Morgan fingerprint density at radius 1 is 1.11 bits per heavy atom. The van der Waals surface area contributed by atoms with E-state index in [0.717, 1.165) is 12.2 Å². The molecule has 192 valence electrons. The highest BCUT2D eigenvalue weighted by Crippen LogP contribution is 2.44. The third-order valence-electron chi connectivity index (χ3n) is 6.24. The van der Waals surface area contributed by atoms with Gasteiger partial charge >= 0.3 is 6.03 Å². The molecule has 38 heavy (non-hydrogen) atoms. The molecule has 1 fully saturated rings. The van der Waals surface area contributed by atoms with Crippen LogP contribution >= 0.6 is 11.3 Å². The van der Waals surface area contributed by atoms with Crippen LogP contribution in [0, 0.1) is 0 Å². The topological polar surface area (TPSA) is 150 Å². The van der Waals surface area contributed by atoms with E-state index < -0.39 is 12.3 Å². The molecule has 3 amide bonds. The molecule has 1 aliphatic carbocycles. The number of benzene rings is 1. The summed E-state index contributed by atoms with van der Waals surface area (Å²) >= 11 is 1.26. The number of amides is 3. The monoisotopic (exact) mass is 529 g/mol. The molecule has 5 N–H and O–H groups in total. The number of hydrogen-bond acceptors (Lipinski definition) is 8. The molecular formula is C26H23N7O4S. The fourth-order valence-corrected chi connectivity index (χ4v) is 5.40.